The van der Waals surface area contributed by atoms with E-state index in [-0.39, 0.29) is 17.8 Å². The van der Waals surface area contributed by atoms with Crippen LogP contribution in [0.4, 0.5) is 35.3 Å². The number of halogens is 3. The fraction of sp³-hybridized carbons (Fsp3) is 0.292. The molecule has 1 saturated heterocycles. The number of hydrogen-bond acceptors (Lipinski definition) is 7. The van der Waals surface area contributed by atoms with Gasteiger partial charge in [-0.1, -0.05) is 6.07 Å². The van der Waals surface area contributed by atoms with Crippen LogP contribution in [0.1, 0.15) is 11.1 Å². The highest BCUT2D eigenvalue weighted by atomic mass is 19.4. The third kappa shape index (κ3) is 6.83. The number of benzene rings is 2. The molecule has 4 rings (SSSR count). The molecule has 4 N–H and O–H groups in total. The van der Waals surface area contributed by atoms with E-state index in [0.29, 0.717) is 36.4 Å². The molecule has 0 aliphatic carbocycles. The van der Waals surface area contributed by atoms with Crippen LogP contribution >= 0.6 is 0 Å². The second-order valence-electron chi connectivity index (χ2n) is 8.07. The van der Waals surface area contributed by atoms with E-state index >= 15 is 0 Å². The summed E-state index contributed by atoms with van der Waals surface area (Å²) in [5.74, 6) is 1.23. The van der Waals surface area contributed by atoms with Crippen LogP contribution in [0.15, 0.2) is 54.7 Å². The first-order chi connectivity index (χ1) is 17.3. The smallest absolute Gasteiger partial charge is 0.416 e. The van der Waals surface area contributed by atoms with Crippen LogP contribution in [0.3, 0.4) is 0 Å². The summed E-state index contributed by atoms with van der Waals surface area (Å²) in [5.41, 5.74) is -0.0966. The minimum atomic E-state index is -4.54. The quantitative estimate of drug-likeness (QED) is 0.381. The zero-order chi connectivity index (χ0) is 25.5. The van der Waals surface area contributed by atoms with Gasteiger partial charge >= 0.3 is 12.2 Å². The van der Waals surface area contributed by atoms with Gasteiger partial charge in [0.1, 0.15) is 5.75 Å². The van der Waals surface area contributed by atoms with Crippen molar-refractivity contribution >= 4 is 23.4 Å². The van der Waals surface area contributed by atoms with E-state index in [9.17, 15) is 18.0 Å². The molecule has 36 heavy (non-hydrogen) atoms. The number of nitrogens with zero attached hydrogens (tertiary/aromatic N) is 3. The van der Waals surface area contributed by atoms with Crippen molar-refractivity contribution in [2.24, 2.45) is 0 Å². The predicted molar refractivity (Wildman–Crippen MR) is 130 cm³/mol. The number of ether oxygens (including phenoxy) is 1. The number of rotatable bonds is 7. The molecule has 2 amide bonds. The lowest BCUT2D eigenvalue weighted by molar-refractivity contribution is -0.138. The Morgan fingerprint density at radius 1 is 1.06 bits per heavy atom. The molecule has 1 aliphatic heterocycles. The number of carbonyl (C=O) groups excluding carboxylic acids is 1. The standard InChI is InChI=1S/C24H26F3N7O2/c1-28-22-30-9-8-21(33-22)36-19-6-4-17(5-7-19)31-23(35)32-18-3-2-16(20(14-18)24(25,26)27)15-34-12-10-29-11-13-34/h2-9,14,29H,10-13,15H2,1H3,(H,28,30,33)(H2,31,32,35). The molecule has 190 valence electrons. The van der Waals surface area contributed by atoms with E-state index in [0.717, 1.165) is 19.2 Å². The van der Waals surface area contributed by atoms with Gasteiger partial charge in [-0.3, -0.25) is 4.90 Å². The minimum Gasteiger partial charge on any atom is -0.439 e. The molecule has 12 heteroatoms. The Labute approximate surface area is 206 Å². The lowest BCUT2D eigenvalue weighted by Crippen LogP contribution is -2.43. The van der Waals surface area contributed by atoms with Crippen LogP contribution in [-0.2, 0) is 12.7 Å². The first kappa shape index (κ1) is 25.2. The molecule has 0 atom stereocenters. The highest BCUT2D eigenvalue weighted by Gasteiger charge is 2.34. The number of piperazine rings is 1. The molecule has 0 radical (unpaired) electrons. The van der Waals surface area contributed by atoms with Crippen molar-refractivity contribution in [1.29, 1.82) is 0 Å². The molecule has 1 fully saturated rings. The van der Waals surface area contributed by atoms with Crippen LogP contribution in [0.25, 0.3) is 0 Å². The summed E-state index contributed by atoms with van der Waals surface area (Å²) in [6, 6.07) is 11.3. The first-order valence-electron chi connectivity index (χ1n) is 11.3. The van der Waals surface area contributed by atoms with Crippen LogP contribution in [0.5, 0.6) is 11.6 Å². The summed E-state index contributed by atoms with van der Waals surface area (Å²) in [7, 11) is 1.69. The van der Waals surface area contributed by atoms with Gasteiger partial charge in [0.05, 0.1) is 5.56 Å². The zero-order valence-corrected chi connectivity index (χ0v) is 19.5. The Bertz CT molecular complexity index is 1180. The van der Waals surface area contributed by atoms with Gasteiger partial charge in [-0.05, 0) is 42.0 Å². The van der Waals surface area contributed by atoms with Gasteiger partial charge in [0.25, 0.3) is 0 Å². The van der Waals surface area contributed by atoms with E-state index in [1.165, 1.54) is 12.1 Å². The maximum atomic E-state index is 13.7. The van der Waals surface area contributed by atoms with E-state index in [2.05, 4.69) is 31.2 Å². The average Bonchev–Trinajstić information content (AvgIpc) is 2.86. The maximum absolute atomic E-state index is 13.7. The lowest BCUT2D eigenvalue weighted by Gasteiger charge is -2.28. The Morgan fingerprint density at radius 2 is 1.75 bits per heavy atom. The highest BCUT2D eigenvalue weighted by Crippen LogP contribution is 2.34. The molecule has 3 aromatic rings. The van der Waals surface area contributed by atoms with Crippen molar-refractivity contribution in [2.75, 3.05) is 49.2 Å². The fourth-order valence-corrected chi connectivity index (χ4v) is 3.71. The summed E-state index contributed by atoms with van der Waals surface area (Å²) < 4.78 is 46.8. The number of nitrogens with one attached hydrogen (secondary N) is 4. The summed E-state index contributed by atoms with van der Waals surface area (Å²) in [6.45, 7) is 3.04. The number of urea groups is 1. The Kier molecular flexibility index (Phi) is 7.86. The van der Waals surface area contributed by atoms with Gasteiger partial charge in [-0.15, -0.1) is 0 Å². The van der Waals surface area contributed by atoms with E-state index in [1.807, 2.05) is 4.90 Å². The molecule has 9 nitrogen and oxygen atoms in total. The van der Waals surface area contributed by atoms with E-state index in [4.69, 9.17) is 4.74 Å². The summed E-state index contributed by atoms with van der Waals surface area (Å²) >= 11 is 0. The molecule has 0 bridgehead atoms. The van der Waals surface area contributed by atoms with Crippen LogP contribution in [0, 0.1) is 0 Å². The topological polar surface area (TPSA) is 103 Å². The normalized spacial score (nSPS) is 14.2. The maximum Gasteiger partial charge on any atom is 0.416 e. The minimum absolute atomic E-state index is 0.0490. The van der Waals surface area contributed by atoms with Crippen molar-refractivity contribution in [3.8, 4) is 11.6 Å². The van der Waals surface area contributed by atoms with Crippen LogP contribution < -0.4 is 26.0 Å². The van der Waals surface area contributed by atoms with E-state index < -0.39 is 17.8 Å². The molecule has 0 spiro atoms. The molecule has 1 aliphatic rings. The molecule has 2 heterocycles. The van der Waals surface area contributed by atoms with Gasteiger partial charge in [0, 0.05) is 63.4 Å². The molecule has 2 aromatic carbocycles. The molecule has 0 saturated carbocycles. The zero-order valence-electron chi connectivity index (χ0n) is 19.5. The van der Waals surface area contributed by atoms with Gasteiger partial charge in [0.15, 0.2) is 0 Å². The number of hydrogen-bond donors (Lipinski definition) is 4. The highest BCUT2D eigenvalue weighted by molar-refractivity contribution is 5.99. The number of carbonyl (C=O) groups is 1. The molecule has 1 aromatic heterocycles. The van der Waals surface area contributed by atoms with Gasteiger partial charge < -0.3 is 26.0 Å². The third-order valence-electron chi connectivity index (χ3n) is 5.46. The third-order valence-corrected chi connectivity index (χ3v) is 5.46. The average molecular weight is 502 g/mol. The van der Waals surface area contributed by atoms with Crippen LogP contribution in [-0.4, -0.2) is 54.1 Å². The first-order valence-corrected chi connectivity index (χ1v) is 11.3. The Hall–Kier alpha value is -3.90. The summed E-state index contributed by atoms with van der Waals surface area (Å²) in [6.07, 6.45) is -2.98. The van der Waals surface area contributed by atoms with Crippen molar-refractivity contribution in [3.63, 3.8) is 0 Å². The van der Waals surface area contributed by atoms with Gasteiger partial charge in [0.2, 0.25) is 11.8 Å². The lowest BCUT2D eigenvalue weighted by atomic mass is 10.0. The number of amides is 2. The summed E-state index contributed by atoms with van der Waals surface area (Å²) in [5, 5.41) is 11.1. The second kappa shape index (κ2) is 11.2. The second-order valence-corrected chi connectivity index (χ2v) is 8.07. The predicted octanol–water partition coefficient (Wildman–Crippen LogP) is 4.38. The van der Waals surface area contributed by atoms with Crippen molar-refractivity contribution in [3.05, 3.63) is 65.9 Å². The van der Waals surface area contributed by atoms with Crippen LogP contribution in [0.2, 0.25) is 0 Å². The SMILES string of the molecule is CNc1nccc(Oc2ccc(NC(=O)Nc3ccc(CN4CCNCC4)c(C(F)(F)F)c3)cc2)n1. The largest absolute Gasteiger partial charge is 0.439 e. The van der Waals surface area contributed by atoms with Gasteiger partial charge in [-0.2, -0.15) is 18.2 Å². The van der Waals surface area contributed by atoms with Crippen molar-refractivity contribution in [1.82, 2.24) is 20.2 Å². The van der Waals surface area contributed by atoms with Crippen molar-refractivity contribution < 1.29 is 22.7 Å². The summed E-state index contributed by atoms with van der Waals surface area (Å²) in [4.78, 5) is 22.6. The molecular formula is C24H26F3N7O2. The molecular weight excluding hydrogens is 475 g/mol. The van der Waals surface area contributed by atoms with Gasteiger partial charge in [-0.25, -0.2) is 9.78 Å². The number of alkyl halides is 3. The number of aromatic nitrogens is 2. The monoisotopic (exact) mass is 501 g/mol. The number of anilines is 3. The van der Waals surface area contributed by atoms with Crippen molar-refractivity contribution in [2.45, 2.75) is 12.7 Å². The van der Waals surface area contributed by atoms with E-state index in [1.54, 1.807) is 43.6 Å². The Balaban J connectivity index is 1.38. The molecule has 0 unspecified atom stereocenters. The fourth-order valence-electron chi connectivity index (χ4n) is 3.71. The Morgan fingerprint density at radius 3 is 2.44 bits per heavy atom.